The van der Waals surface area contributed by atoms with Crippen molar-refractivity contribution in [3.05, 3.63) is 12.2 Å². The molecule has 0 atom stereocenters. The molecule has 0 unspecified atom stereocenters. The van der Waals surface area contributed by atoms with Gasteiger partial charge in [0, 0.05) is 18.5 Å². The third-order valence-corrected chi connectivity index (χ3v) is 2.23. The van der Waals surface area contributed by atoms with E-state index in [-0.39, 0.29) is 5.54 Å². The zero-order valence-corrected chi connectivity index (χ0v) is 10.2. The predicted molar refractivity (Wildman–Crippen MR) is 61.8 cm³/mol. The van der Waals surface area contributed by atoms with Gasteiger partial charge >= 0.3 is 0 Å². The Balaban J connectivity index is 2.26. The summed E-state index contributed by atoms with van der Waals surface area (Å²) in [5, 5.41) is 7.61. The van der Waals surface area contributed by atoms with Gasteiger partial charge in [0.25, 0.3) is 0 Å². The van der Waals surface area contributed by atoms with Crippen molar-refractivity contribution in [1.82, 2.24) is 20.1 Å². The molecule has 0 spiro atoms. The molecule has 1 aromatic heterocycles. The lowest BCUT2D eigenvalue weighted by atomic mass is 10.1. The second kappa shape index (κ2) is 5.26. The minimum atomic E-state index is 0.207. The Morgan fingerprint density at radius 1 is 1.40 bits per heavy atom. The average molecular weight is 210 g/mol. The molecule has 0 aliphatic heterocycles. The minimum absolute atomic E-state index is 0.207. The third-order valence-electron chi connectivity index (χ3n) is 2.23. The van der Waals surface area contributed by atoms with Gasteiger partial charge in [-0.05, 0) is 40.7 Å². The molecule has 4 heteroatoms. The molecule has 0 saturated heterocycles. The molecule has 0 bridgehead atoms. The van der Waals surface area contributed by atoms with E-state index in [9.17, 15) is 0 Å². The van der Waals surface area contributed by atoms with E-state index in [4.69, 9.17) is 0 Å². The number of hydrogen-bond donors (Lipinski definition) is 1. The predicted octanol–water partition coefficient (Wildman–Crippen LogP) is 1.62. The van der Waals surface area contributed by atoms with E-state index in [1.54, 1.807) is 6.33 Å². The zero-order chi connectivity index (χ0) is 11.3. The van der Waals surface area contributed by atoms with E-state index in [0.29, 0.717) is 0 Å². The van der Waals surface area contributed by atoms with Crippen molar-refractivity contribution in [2.75, 3.05) is 6.54 Å². The smallest absolute Gasteiger partial charge is 0.138 e. The molecule has 0 radical (unpaired) electrons. The van der Waals surface area contributed by atoms with Crippen molar-refractivity contribution in [1.29, 1.82) is 0 Å². The van der Waals surface area contributed by atoms with E-state index in [1.165, 1.54) is 0 Å². The van der Waals surface area contributed by atoms with Crippen molar-refractivity contribution in [2.24, 2.45) is 0 Å². The maximum Gasteiger partial charge on any atom is 0.138 e. The fourth-order valence-corrected chi connectivity index (χ4v) is 1.46. The first-order chi connectivity index (χ1) is 7.03. The van der Waals surface area contributed by atoms with E-state index in [2.05, 4.69) is 43.1 Å². The zero-order valence-electron chi connectivity index (χ0n) is 10.2. The lowest BCUT2D eigenvalue weighted by Gasteiger charge is -2.20. The van der Waals surface area contributed by atoms with Gasteiger partial charge in [-0.15, -0.1) is 0 Å². The van der Waals surface area contributed by atoms with Crippen LogP contribution >= 0.6 is 0 Å². The summed E-state index contributed by atoms with van der Waals surface area (Å²) in [7, 11) is 0. The highest BCUT2D eigenvalue weighted by Crippen LogP contribution is 2.01. The van der Waals surface area contributed by atoms with Gasteiger partial charge in [-0.2, -0.15) is 5.10 Å². The first kappa shape index (κ1) is 12.2. The molecule has 0 amide bonds. The van der Waals surface area contributed by atoms with Crippen LogP contribution in [-0.2, 0) is 13.0 Å². The van der Waals surface area contributed by atoms with Gasteiger partial charge in [0.05, 0.1) is 0 Å². The molecule has 0 aliphatic rings. The molecule has 0 fully saturated rings. The maximum atomic E-state index is 4.25. The first-order valence-corrected chi connectivity index (χ1v) is 5.64. The van der Waals surface area contributed by atoms with Gasteiger partial charge < -0.3 is 5.32 Å². The maximum absolute atomic E-state index is 4.25. The number of aromatic nitrogens is 3. The molecule has 0 aromatic carbocycles. The molecular weight excluding hydrogens is 188 g/mol. The van der Waals surface area contributed by atoms with Crippen molar-refractivity contribution in [2.45, 2.75) is 52.6 Å². The Morgan fingerprint density at radius 3 is 2.73 bits per heavy atom. The summed E-state index contributed by atoms with van der Waals surface area (Å²) in [6.45, 7) is 10.6. The number of nitrogens with one attached hydrogen (secondary N) is 1. The molecule has 86 valence electrons. The fraction of sp³-hybridized carbons (Fsp3) is 0.818. The van der Waals surface area contributed by atoms with Crippen molar-refractivity contribution < 1.29 is 0 Å². The lowest BCUT2D eigenvalue weighted by molar-refractivity contribution is 0.419. The quantitative estimate of drug-likeness (QED) is 0.751. The van der Waals surface area contributed by atoms with Crippen LogP contribution in [0.4, 0.5) is 0 Å². The Morgan fingerprint density at radius 2 is 2.13 bits per heavy atom. The third kappa shape index (κ3) is 4.42. The Labute approximate surface area is 92.1 Å². The largest absolute Gasteiger partial charge is 0.312 e. The average Bonchev–Trinajstić information content (AvgIpc) is 2.58. The monoisotopic (exact) mass is 210 g/mol. The van der Waals surface area contributed by atoms with Crippen molar-refractivity contribution in [3.8, 4) is 0 Å². The van der Waals surface area contributed by atoms with E-state index >= 15 is 0 Å². The van der Waals surface area contributed by atoms with Gasteiger partial charge in [0.1, 0.15) is 12.2 Å². The van der Waals surface area contributed by atoms with Gasteiger partial charge in [-0.3, -0.25) is 4.68 Å². The van der Waals surface area contributed by atoms with E-state index < -0.39 is 0 Å². The highest BCUT2D eigenvalue weighted by molar-refractivity contribution is 4.84. The number of rotatable bonds is 5. The Kier molecular flexibility index (Phi) is 4.27. The van der Waals surface area contributed by atoms with Gasteiger partial charge in [0.15, 0.2) is 0 Å². The molecular formula is C11H22N4. The molecule has 1 N–H and O–H groups in total. The van der Waals surface area contributed by atoms with Gasteiger partial charge in [0.2, 0.25) is 0 Å². The van der Waals surface area contributed by atoms with Crippen LogP contribution in [0.3, 0.4) is 0 Å². The molecule has 0 saturated carbocycles. The van der Waals surface area contributed by atoms with Crippen molar-refractivity contribution >= 4 is 0 Å². The summed E-state index contributed by atoms with van der Waals surface area (Å²) in [4.78, 5) is 4.25. The molecule has 1 heterocycles. The van der Waals surface area contributed by atoms with E-state index in [1.807, 2.05) is 4.68 Å². The van der Waals surface area contributed by atoms with Crippen molar-refractivity contribution in [3.63, 3.8) is 0 Å². The highest BCUT2D eigenvalue weighted by atomic mass is 15.3. The van der Waals surface area contributed by atoms with E-state index in [0.717, 1.165) is 31.8 Å². The van der Waals surface area contributed by atoms with Crippen LogP contribution < -0.4 is 5.32 Å². The SMILES string of the molecule is CCn1ncnc1CCCNC(C)(C)C. The summed E-state index contributed by atoms with van der Waals surface area (Å²) in [6.07, 6.45) is 3.74. The first-order valence-electron chi connectivity index (χ1n) is 5.64. The highest BCUT2D eigenvalue weighted by Gasteiger charge is 2.08. The van der Waals surface area contributed by atoms with Crippen LogP contribution in [0.2, 0.25) is 0 Å². The van der Waals surface area contributed by atoms with Gasteiger partial charge in [-0.25, -0.2) is 4.98 Å². The number of aryl methyl sites for hydroxylation is 2. The summed E-state index contributed by atoms with van der Waals surface area (Å²) < 4.78 is 1.96. The fourth-order valence-electron chi connectivity index (χ4n) is 1.46. The molecule has 4 nitrogen and oxygen atoms in total. The van der Waals surface area contributed by atoms with Crippen LogP contribution in [0.5, 0.6) is 0 Å². The molecule has 1 rings (SSSR count). The number of nitrogens with zero attached hydrogens (tertiary/aromatic N) is 3. The molecule has 1 aromatic rings. The molecule has 15 heavy (non-hydrogen) atoms. The van der Waals surface area contributed by atoms with Crippen LogP contribution in [0.25, 0.3) is 0 Å². The molecule has 0 aliphatic carbocycles. The summed E-state index contributed by atoms with van der Waals surface area (Å²) in [5.74, 6) is 1.09. The standard InChI is InChI=1S/C11H22N4/c1-5-15-10(12-9-14-15)7-6-8-13-11(2,3)4/h9,13H,5-8H2,1-4H3. The summed E-state index contributed by atoms with van der Waals surface area (Å²) in [6, 6.07) is 0. The van der Waals surface area contributed by atoms with Crippen LogP contribution in [0.1, 0.15) is 39.9 Å². The van der Waals surface area contributed by atoms with Gasteiger partial charge in [-0.1, -0.05) is 0 Å². The second-order valence-electron chi connectivity index (χ2n) is 4.77. The summed E-state index contributed by atoms with van der Waals surface area (Å²) >= 11 is 0. The van der Waals surface area contributed by atoms with Crippen LogP contribution in [-0.4, -0.2) is 26.8 Å². The number of hydrogen-bond acceptors (Lipinski definition) is 3. The lowest BCUT2D eigenvalue weighted by Crippen LogP contribution is -2.36. The topological polar surface area (TPSA) is 42.7 Å². The van der Waals surface area contributed by atoms with Crippen LogP contribution in [0, 0.1) is 0 Å². The normalized spacial score (nSPS) is 12.0. The Hall–Kier alpha value is -0.900. The van der Waals surface area contributed by atoms with Crippen LogP contribution in [0.15, 0.2) is 6.33 Å². The second-order valence-corrected chi connectivity index (χ2v) is 4.77. The summed E-state index contributed by atoms with van der Waals surface area (Å²) in [5.41, 5.74) is 0.207. The Bertz CT molecular complexity index is 285. The minimum Gasteiger partial charge on any atom is -0.312 e.